The summed E-state index contributed by atoms with van der Waals surface area (Å²) in [6.45, 7) is 3.66. The standard InChI is InChI=1S/C27H26N6O7/c34-24-6-3-19(27-28-26(30-40-27)18-2-5-21-23(12-18)39-16-37-21)29-33(24)14-25(35)32-9-7-31(8-10-32)13-17-1-4-20-22(11-17)38-15-36-20/h1-2,4-5,11-12H,3,6-10,13-16H2. The summed E-state index contributed by atoms with van der Waals surface area (Å²) in [5.74, 6) is 3.03. The lowest BCUT2D eigenvalue weighted by Crippen LogP contribution is -2.51. The summed E-state index contributed by atoms with van der Waals surface area (Å²) in [6.07, 6.45) is 0.558. The number of fused-ring (bicyclic) bond motifs is 2. The predicted octanol–water partition coefficient (Wildman–Crippen LogP) is 1.86. The van der Waals surface area contributed by atoms with E-state index in [0.717, 1.165) is 36.7 Å². The van der Waals surface area contributed by atoms with E-state index in [4.69, 9.17) is 23.5 Å². The smallest absolute Gasteiger partial charge is 0.274 e. The number of aromatic nitrogens is 2. The number of ether oxygens (including phenoxy) is 4. The van der Waals surface area contributed by atoms with Crippen LogP contribution in [-0.4, -0.2) is 88.8 Å². The molecule has 0 aliphatic carbocycles. The van der Waals surface area contributed by atoms with E-state index >= 15 is 0 Å². The summed E-state index contributed by atoms with van der Waals surface area (Å²) < 4.78 is 27.1. The Morgan fingerprint density at radius 2 is 1.57 bits per heavy atom. The van der Waals surface area contributed by atoms with Gasteiger partial charge in [0, 0.05) is 51.1 Å². The fourth-order valence-corrected chi connectivity index (χ4v) is 5.05. The molecule has 206 valence electrons. The lowest BCUT2D eigenvalue weighted by molar-refractivity contribution is -0.142. The first-order chi connectivity index (χ1) is 19.6. The number of nitrogens with zero attached hydrogens (tertiary/aromatic N) is 6. The van der Waals surface area contributed by atoms with Crippen LogP contribution < -0.4 is 18.9 Å². The van der Waals surface area contributed by atoms with Crippen molar-refractivity contribution in [1.29, 1.82) is 0 Å². The van der Waals surface area contributed by atoms with Gasteiger partial charge in [-0.1, -0.05) is 11.2 Å². The third-order valence-corrected chi connectivity index (χ3v) is 7.26. The maximum absolute atomic E-state index is 13.1. The number of piperazine rings is 1. The van der Waals surface area contributed by atoms with Gasteiger partial charge in [-0.05, 0) is 35.9 Å². The molecule has 0 unspecified atom stereocenters. The molecule has 0 spiro atoms. The molecule has 0 bridgehead atoms. The molecule has 5 heterocycles. The van der Waals surface area contributed by atoms with Gasteiger partial charge in [-0.15, -0.1) is 0 Å². The Morgan fingerprint density at radius 1 is 0.850 bits per heavy atom. The Balaban J connectivity index is 0.963. The van der Waals surface area contributed by atoms with Crippen molar-refractivity contribution in [3.05, 3.63) is 47.9 Å². The third kappa shape index (κ3) is 4.79. The van der Waals surface area contributed by atoms with Crippen molar-refractivity contribution in [3.8, 4) is 34.4 Å². The largest absolute Gasteiger partial charge is 0.454 e. The van der Waals surface area contributed by atoms with Gasteiger partial charge in [0.15, 0.2) is 23.0 Å². The Bertz CT molecular complexity index is 1500. The van der Waals surface area contributed by atoms with Gasteiger partial charge < -0.3 is 28.4 Å². The van der Waals surface area contributed by atoms with E-state index in [2.05, 4.69) is 20.1 Å². The highest BCUT2D eigenvalue weighted by atomic mass is 16.7. The number of hydrogen-bond donors (Lipinski definition) is 0. The first-order valence-corrected chi connectivity index (χ1v) is 13.1. The molecule has 2 amide bonds. The van der Waals surface area contributed by atoms with Crippen LogP contribution in [-0.2, 0) is 16.1 Å². The van der Waals surface area contributed by atoms with Crippen LogP contribution in [0.2, 0.25) is 0 Å². The van der Waals surface area contributed by atoms with E-state index in [0.29, 0.717) is 48.1 Å². The van der Waals surface area contributed by atoms with Crippen LogP contribution in [0.3, 0.4) is 0 Å². The van der Waals surface area contributed by atoms with Gasteiger partial charge in [0.05, 0.1) is 0 Å². The topological polar surface area (TPSA) is 132 Å². The molecule has 13 nitrogen and oxygen atoms in total. The average molecular weight is 547 g/mol. The van der Waals surface area contributed by atoms with Crippen molar-refractivity contribution < 1.29 is 33.1 Å². The van der Waals surface area contributed by atoms with Crippen LogP contribution in [0.15, 0.2) is 46.0 Å². The Hall–Kier alpha value is -4.65. The first-order valence-electron chi connectivity index (χ1n) is 13.1. The second-order valence-corrected chi connectivity index (χ2v) is 9.83. The van der Waals surface area contributed by atoms with Gasteiger partial charge >= 0.3 is 0 Å². The maximum atomic E-state index is 13.1. The van der Waals surface area contributed by atoms with Crippen LogP contribution in [0.1, 0.15) is 24.3 Å². The minimum atomic E-state index is -0.214. The van der Waals surface area contributed by atoms with Crippen molar-refractivity contribution in [1.82, 2.24) is 24.9 Å². The molecule has 40 heavy (non-hydrogen) atoms. The van der Waals surface area contributed by atoms with E-state index in [-0.39, 0.29) is 44.3 Å². The number of carbonyl (C=O) groups is 2. The molecule has 2 aromatic carbocycles. The maximum Gasteiger partial charge on any atom is 0.274 e. The normalized spacial score (nSPS) is 18.3. The summed E-state index contributed by atoms with van der Waals surface area (Å²) in [6, 6.07) is 11.3. The average Bonchev–Trinajstić information content (AvgIpc) is 3.75. The van der Waals surface area contributed by atoms with Gasteiger partial charge in [0.2, 0.25) is 31.2 Å². The van der Waals surface area contributed by atoms with Crippen LogP contribution >= 0.6 is 0 Å². The molecule has 1 aromatic heterocycles. The van der Waals surface area contributed by atoms with Gasteiger partial charge in [-0.25, -0.2) is 5.01 Å². The summed E-state index contributed by atoms with van der Waals surface area (Å²) in [7, 11) is 0. The fraction of sp³-hybridized carbons (Fsp3) is 0.370. The third-order valence-electron chi connectivity index (χ3n) is 7.26. The molecule has 4 aliphatic heterocycles. The Labute approximate surface area is 228 Å². The molecule has 4 aliphatic rings. The summed E-state index contributed by atoms with van der Waals surface area (Å²) in [5, 5.41) is 9.68. The SMILES string of the molecule is O=C(CN1N=C(c2nc(-c3ccc4c(c3)OCO4)no2)CCC1=O)N1CCN(Cc2ccc3c(c2)OCO3)CC1. The van der Waals surface area contributed by atoms with E-state index in [1.54, 1.807) is 17.0 Å². The molecule has 0 saturated carbocycles. The number of rotatable bonds is 6. The van der Waals surface area contributed by atoms with Crippen LogP contribution in [0.25, 0.3) is 11.4 Å². The highest BCUT2D eigenvalue weighted by Gasteiger charge is 2.29. The van der Waals surface area contributed by atoms with Crippen molar-refractivity contribution in [2.45, 2.75) is 19.4 Å². The van der Waals surface area contributed by atoms with Crippen LogP contribution in [0.5, 0.6) is 23.0 Å². The minimum absolute atomic E-state index is 0.131. The predicted molar refractivity (Wildman–Crippen MR) is 138 cm³/mol. The number of carbonyl (C=O) groups excluding carboxylic acids is 2. The summed E-state index contributed by atoms with van der Waals surface area (Å²) >= 11 is 0. The van der Waals surface area contributed by atoms with Crippen LogP contribution in [0, 0.1) is 0 Å². The molecule has 1 fully saturated rings. The second kappa shape index (κ2) is 10.2. The van der Waals surface area contributed by atoms with Crippen molar-refractivity contribution in [2.75, 3.05) is 46.3 Å². The van der Waals surface area contributed by atoms with Gasteiger partial charge in [-0.2, -0.15) is 10.1 Å². The number of amides is 2. The van der Waals surface area contributed by atoms with Crippen LogP contribution in [0.4, 0.5) is 0 Å². The minimum Gasteiger partial charge on any atom is -0.454 e. The molecular formula is C27H26N6O7. The van der Waals surface area contributed by atoms with Crippen molar-refractivity contribution >= 4 is 17.5 Å². The van der Waals surface area contributed by atoms with Crippen molar-refractivity contribution in [3.63, 3.8) is 0 Å². The fourth-order valence-electron chi connectivity index (χ4n) is 5.05. The molecule has 1 saturated heterocycles. The van der Waals surface area contributed by atoms with E-state index in [1.807, 2.05) is 24.3 Å². The molecular weight excluding hydrogens is 520 g/mol. The highest BCUT2D eigenvalue weighted by molar-refractivity contribution is 6.01. The molecule has 0 N–H and O–H groups in total. The Morgan fingerprint density at radius 3 is 2.38 bits per heavy atom. The number of hydrazone groups is 1. The lowest BCUT2D eigenvalue weighted by atomic mass is 10.1. The lowest BCUT2D eigenvalue weighted by Gasteiger charge is -2.35. The zero-order valence-corrected chi connectivity index (χ0v) is 21.6. The highest BCUT2D eigenvalue weighted by Crippen LogP contribution is 2.35. The summed E-state index contributed by atoms with van der Waals surface area (Å²) in [4.78, 5) is 34.2. The van der Waals surface area contributed by atoms with Gasteiger partial charge in [-0.3, -0.25) is 14.5 Å². The zero-order valence-electron chi connectivity index (χ0n) is 21.6. The molecule has 0 radical (unpaired) electrons. The van der Waals surface area contributed by atoms with E-state index in [1.165, 1.54) is 5.01 Å². The van der Waals surface area contributed by atoms with E-state index in [9.17, 15) is 9.59 Å². The molecule has 7 rings (SSSR count). The summed E-state index contributed by atoms with van der Waals surface area (Å²) in [5.41, 5.74) is 2.31. The van der Waals surface area contributed by atoms with Gasteiger partial charge in [0.25, 0.3) is 5.89 Å². The first kappa shape index (κ1) is 24.4. The molecule has 3 aromatic rings. The monoisotopic (exact) mass is 546 g/mol. The Kier molecular flexibility index (Phi) is 6.19. The molecule has 13 heteroatoms. The zero-order chi connectivity index (χ0) is 27.1. The van der Waals surface area contributed by atoms with Crippen molar-refractivity contribution in [2.24, 2.45) is 5.10 Å². The number of benzene rings is 2. The second-order valence-electron chi connectivity index (χ2n) is 9.83. The number of hydrogen-bond acceptors (Lipinski definition) is 11. The molecule has 0 atom stereocenters. The quantitative estimate of drug-likeness (QED) is 0.451. The van der Waals surface area contributed by atoms with E-state index < -0.39 is 0 Å². The van der Waals surface area contributed by atoms with Gasteiger partial charge in [0.1, 0.15) is 12.3 Å².